The van der Waals surface area contributed by atoms with Gasteiger partial charge in [-0.05, 0) is 35.3 Å². The van der Waals surface area contributed by atoms with E-state index in [1.807, 2.05) is 48.5 Å². The molecule has 144 valence electrons. The maximum atomic E-state index is 6.50. The minimum Gasteiger partial charge on any atom is -0.362 e. The predicted molar refractivity (Wildman–Crippen MR) is 116 cm³/mol. The summed E-state index contributed by atoms with van der Waals surface area (Å²) >= 11 is 0. The van der Waals surface area contributed by atoms with E-state index in [0.717, 1.165) is 16.8 Å². The molecule has 4 rings (SSSR count). The molecule has 4 heteroatoms. The third-order valence-electron chi connectivity index (χ3n) is 4.84. The maximum absolute atomic E-state index is 6.50. The van der Waals surface area contributed by atoms with Crippen LogP contribution in [-0.4, -0.2) is 14.8 Å². The molecule has 0 aliphatic heterocycles. The van der Waals surface area contributed by atoms with Crippen molar-refractivity contribution in [2.75, 3.05) is 0 Å². The second-order valence-corrected chi connectivity index (χ2v) is 6.85. The monoisotopic (exact) mass is 381 g/mol. The van der Waals surface area contributed by atoms with Crippen molar-refractivity contribution >= 4 is 11.8 Å². The summed E-state index contributed by atoms with van der Waals surface area (Å²) < 4.78 is 8.28. The zero-order chi connectivity index (χ0) is 19.9. The molecule has 29 heavy (non-hydrogen) atoms. The highest BCUT2D eigenvalue weighted by molar-refractivity contribution is 5.73. The molecule has 1 unspecified atom stereocenters. The topological polar surface area (TPSA) is 39.9 Å². The summed E-state index contributed by atoms with van der Waals surface area (Å²) in [6.45, 7) is 2.61. The smallest absolute Gasteiger partial charge is 0.138 e. The van der Waals surface area contributed by atoms with Gasteiger partial charge in [0.2, 0.25) is 0 Å². The van der Waals surface area contributed by atoms with Crippen molar-refractivity contribution in [2.24, 2.45) is 0 Å². The molecule has 0 radical (unpaired) electrons. The Kier molecular flexibility index (Phi) is 5.93. The Hall–Kier alpha value is -3.50. The Morgan fingerprint density at radius 3 is 2.31 bits per heavy atom. The second-order valence-electron chi connectivity index (χ2n) is 6.85. The number of rotatable bonds is 7. The van der Waals surface area contributed by atoms with Crippen molar-refractivity contribution in [1.29, 1.82) is 0 Å². The van der Waals surface area contributed by atoms with E-state index in [0.29, 0.717) is 6.61 Å². The molecule has 4 nitrogen and oxygen atoms in total. The number of aromatic nitrogens is 3. The fourth-order valence-electron chi connectivity index (χ4n) is 3.25. The van der Waals surface area contributed by atoms with Gasteiger partial charge in [-0.1, -0.05) is 84.9 Å². The van der Waals surface area contributed by atoms with Crippen LogP contribution in [0.25, 0.3) is 11.8 Å². The fraction of sp³-hybridized carbons (Fsp3) is 0.120. The van der Waals surface area contributed by atoms with E-state index in [1.54, 1.807) is 17.3 Å². The van der Waals surface area contributed by atoms with Gasteiger partial charge in [0.1, 0.15) is 18.8 Å². The Morgan fingerprint density at radius 1 is 0.931 bits per heavy atom. The molecule has 4 aromatic rings. The summed E-state index contributed by atoms with van der Waals surface area (Å²) in [6.07, 6.45) is 5.06. The van der Waals surface area contributed by atoms with E-state index in [-0.39, 0.29) is 6.10 Å². The highest BCUT2D eigenvalue weighted by atomic mass is 16.5. The molecule has 0 saturated carbocycles. The lowest BCUT2D eigenvalue weighted by Gasteiger charge is -2.22. The van der Waals surface area contributed by atoms with Gasteiger partial charge >= 0.3 is 0 Å². The highest BCUT2D eigenvalue weighted by Crippen LogP contribution is 2.31. The minimum absolute atomic E-state index is 0.294. The van der Waals surface area contributed by atoms with E-state index in [4.69, 9.17) is 4.74 Å². The molecule has 0 bridgehead atoms. The molecule has 0 aliphatic rings. The van der Waals surface area contributed by atoms with Crippen LogP contribution in [0.2, 0.25) is 0 Å². The molecule has 0 aliphatic carbocycles. The van der Waals surface area contributed by atoms with Crippen LogP contribution in [0.3, 0.4) is 0 Å². The molecule has 0 fully saturated rings. The largest absolute Gasteiger partial charge is 0.362 e. The molecule has 1 aromatic heterocycles. The Bertz CT molecular complexity index is 1060. The van der Waals surface area contributed by atoms with Crippen molar-refractivity contribution in [3.8, 4) is 0 Å². The lowest BCUT2D eigenvalue weighted by atomic mass is 10.0. The van der Waals surface area contributed by atoms with Crippen LogP contribution in [-0.2, 0) is 11.3 Å². The van der Waals surface area contributed by atoms with Crippen molar-refractivity contribution in [1.82, 2.24) is 14.8 Å². The van der Waals surface area contributed by atoms with Gasteiger partial charge in [0.05, 0.1) is 12.3 Å². The van der Waals surface area contributed by atoms with Crippen molar-refractivity contribution in [3.63, 3.8) is 0 Å². The van der Waals surface area contributed by atoms with E-state index in [2.05, 4.69) is 59.5 Å². The Balaban J connectivity index is 1.75. The SMILES string of the molecule is Cc1ccccc1COC(C(=Cc1ccccc1)n1cncn1)c1ccccc1. The number of benzene rings is 3. The molecule has 0 amide bonds. The van der Waals surface area contributed by atoms with Gasteiger partial charge in [-0.3, -0.25) is 0 Å². The number of aryl methyl sites for hydroxylation is 1. The molecular formula is C25H23N3O. The molecular weight excluding hydrogens is 358 g/mol. The zero-order valence-corrected chi connectivity index (χ0v) is 16.3. The van der Waals surface area contributed by atoms with E-state index < -0.39 is 0 Å². The summed E-state index contributed by atoms with van der Waals surface area (Å²) in [7, 11) is 0. The van der Waals surface area contributed by atoms with Crippen LogP contribution in [0.4, 0.5) is 0 Å². The summed E-state index contributed by atoms with van der Waals surface area (Å²) in [4.78, 5) is 4.15. The van der Waals surface area contributed by atoms with Gasteiger partial charge in [0, 0.05) is 0 Å². The van der Waals surface area contributed by atoms with Crippen LogP contribution in [0.1, 0.15) is 28.4 Å². The third-order valence-corrected chi connectivity index (χ3v) is 4.84. The number of hydrogen-bond donors (Lipinski definition) is 0. The van der Waals surface area contributed by atoms with Gasteiger partial charge in [-0.15, -0.1) is 0 Å². The number of hydrogen-bond acceptors (Lipinski definition) is 3. The predicted octanol–water partition coefficient (Wildman–Crippen LogP) is 5.54. The molecule has 0 N–H and O–H groups in total. The fourth-order valence-corrected chi connectivity index (χ4v) is 3.25. The highest BCUT2D eigenvalue weighted by Gasteiger charge is 2.20. The van der Waals surface area contributed by atoms with Gasteiger partial charge in [0.15, 0.2) is 0 Å². The van der Waals surface area contributed by atoms with Gasteiger partial charge in [0.25, 0.3) is 0 Å². The van der Waals surface area contributed by atoms with Gasteiger partial charge < -0.3 is 4.74 Å². The molecule has 0 spiro atoms. The summed E-state index contributed by atoms with van der Waals surface area (Å²) in [5.41, 5.74) is 5.45. The zero-order valence-electron chi connectivity index (χ0n) is 16.3. The second kappa shape index (κ2) is 9.13. The molecule has 0 saturated heterocycles. The maximum Gasteiger partial charge on any atom is 0.138 e. The molecule has 1 atom stereocenters. The van der Waals surface area contributed by atoms with Crippen LogP contribution in [0, 0.1) is 6.92 Å². The van der Waals surface area contributed by atoms with E-state index in [9.17, 15) is 0 Å². The van der Waals surface area contributed by atoms with Crippen molar-refractivity contribution in [2.45, 2.75) is 19.6 Å². The minimum atomic E-state index is -0.294. The lowest BCUT2D eigenvalue weighted by Crippen LogP contribution is -2.13. The van der Waals surface area contributed by atoms with Crippen LogP contribution in [0.15, 0.2) is 97.6 Å². The number of ether oxygens (including phenoxy) is 1. The average Bonchev–Trinajstić information content (AvgIpc) is 3.30. The van der Waals surface area contributed by atoms with E-state index in [1.165, 1.54) is 11.1 Å². The molecule has 1 heterocycles. The van der Waals surface area contributed by atoms with Crippen LogP contribution >= 0.6 is 0 Å². The van der Waals surface area contributed by atoms with Crippen molar-refractivity contribution in [3.05, 3.63) is 120 Å². The summed E-state index contributed by atoms with van der Waals surface area (Å²) in [6, 6.07) is 28.7. The standard InChI is InChI=1S/C25H23N3O/c1-20-10-8-9-15-23(20)17-29-25(22-13-6-3-7-14-22)24(28-19-26-18-27-28)16-21-11-4-2-5-12-21/h2-16,18-19,25H,17H2,1H3. The first-order valence-corrected chi connectivity index (χ1v) is 9.64. The van der Waals surface area contributed by atoms with Crippen LogP contribution in [0.5, 0.6) is 0 Å². The Labute approximate surface area is 171 Å². The van der Waals surface area contributed by atoms with Gasteiger partial charge in [-0.25, -0.2) is 9.67 Å². The quantitative estimate of drug-likeness (QED) is 0.422. The van der Waals surface area contributed by atoms with Crippen LogP contribution < -0.4 is 0 Å². The first-order chi connectivity index (χ1) is 14.3. The lowest BCUT2D eigenvalue weighted by molar-refractivity contribution is 0.0744. The average molecular weight is 381 g/mol. The van der Waals surface area contributed by atoms with Gasteiger partial charge in [-0.2, -0.15) is 5.10 Å². The third kappa shape index (κ3) is 4.68. The summed E-state index contributed by atoms with van der Waals surface area (Å²) in [5, 5.41) is 4.39. The Morgan fingerprint density at radius 2 is 1.62 bits per heavy atom. The molecule has 3 aromatic carbocycles. The first-order valence-electron chi connectivity index (χ1n) is 9.64. The first kappa shape index (κ1) is 18.8. The normalized spacial score (nSPS) is 12.7. The van der Waals surface area contributed by atoms with E-state index >= 15 is 0 Å². The summed E-state index contributed by atoms with van der Waals surface area (Å²) in [5.74, 6) is 0. The number of nitrogens with zero attached hydrogens (tertiary/aromatic N) is 3. The van der Waals surface area contributed by atoms with Crippen molar-refractivity contribution < 1.29 is 4.74 Å².